The summed E-state index contributed by atoms with van der Waals surface area (Å²) >= 11 is 0. The molecule has 5 rings (SSSR count). The molecule has 0 spiro atoms. The van der Waals surface area contributed by atoms with Gasteiger partial charge in [-0.15, -0.1) is 0 Å². The molecule has 2 aromatic heterocycles. The van der Waals surface area contributed by atoms with Crippen molar-refractivity contribution in [2.45, 2.75) is 38.1 Å². The standard InChI is InChI=1S/C26H26N4O2/c1-32-24-15-9-8-14-20(24)22-16-23(26(31)27-19-12-6-3-7-13-19)30-25(28-22)17-21(29-30)18-10-4-2-5-11-18/h2,4-5,8-11,14-17,19H,3,6-7,12-13H2,1H3,(H,27,31). The maximum Gasteiger partial charge on any atom is 0.270 e. The number of amides is 1. The highest BCUT2D eigenvalue weighted by molar-refractivity contribution is 5.95. The SMILES string of the molecule is COc1ccccc1-c1cc(C(=O)NC2CCCCC2)n2nc(-c3ccccc3)cc2n1. The third-order valence-electron chi connectivity index (χ3n) is 6.05. The van der Waals surface area contributed by atoms with Crippen molar-refractivity contribution in [1.29, 1.82) is 0 Å². The van der Waals surface area contributed by atoms with Crippen molar-refractivity contribution in [3.63, 3.8) is 0 Å². The zero-order chi connectivity index (χ0) is 21.9. The van der Waals surface area contributed by atoms with Gasteiger partial charge in [0.2, 0.25) is 0 Å². The van der Waals surface area contributed by atoms with E-state index in [0.717, 1.165) is 42.5 Å². The topological polar surface area (TPSA) is 68.5 Å². The summed E-state index contributed by atoms with van der Waals surface area (Å²) in [5, 5.41) is 7.96. The molecule has 1 fully saturated rings. The van der Waals surface area contributed by atoms with Crippen LogP contribution in [0.15, 0.2) is 66.7 Å². The van der Waals surface area contributed by atoms with E-state index in [-0.39, 0.29) is 11.9 Å². The maximum absolute atomic E-state index is 13.4. The molecule has 0 radical (unpaired) electrons. The van der Waals surface area contributed by atoms with E-state index in [1.807, 2.05) is 66.7 Å². The molecule has 0 bridgehead atoms. The van der Waals surface area contributed by atoms with E-state index in [0.29, 0.717) is 22.8 Å². The second-order valence-electron chi connectivity index (χ2n) is 8.20. The number of ether oxygens (including phenoxy) is 1. The molecule has 0 atom stereocenters. The van der Waals surface area contributed by atoms with Crippen molar-refractivity contribution in [3.05, 3.63) is 72.4 Å². The molecular weight excluding hydrogens is 400 g/mol. The summed E-state index contributed by atoms with van der Waals surface area (Å²) in [6.45, 7) is 0. The predicted octanol–water partition coefficient (Wildman–Crippen LogP) is 5.13. The quantitative estimate of drug-likeness (QED) is 0.480. The fourth-order valence-electron chi connectivity index (χ4n) is 4.39. The largest absolute Gasteiger partial charge is 0.496 e. The van der Waals surface area contributed by atoms with Crippen molar-refractivity contribution in [3.8, 4) is 28.3 Å². The molecule has 0 saturated heterocycles. The number of aromatic nitrogens is 3. The predicted molar refractivity (Wildman–Crippen MR) is 125 cm³/mol. The van der Waals surface area contributed by atoms with Gasteiger partial charge in [0.1, 0.15) is 11.4 Å². The van der Waals surface area contributed by atoms with Gasteiger partial charge < -0.3 is 10.1 Å². The maximum atomic E-state index is 13.4. The lowest BCUT2D eigenvalue weighted by molar-refractivity contribution is 0.0920. The summed E-state index contributed by atoms with van der Waals surface area (Å²) in [5.74, 6) is 0.592. The molecule has 32 heavy (non-hydrogen) atoms. The molecule has 162 valence electrons. The average Bonchev–Trinajstić information content (AvgIpc) is 3.29. The number of nitrogens with one attached hydrogen (secondary N) is 1. The lowest BCUT2D eigenvalue weighted by Gasteiger charge is -2.23. The second kappa shape index (κ2) is 8.83. The Hall–Kier alpha value is -3.67. The Morgan fingerprint density at radius 2 is 1.72 bits per heavy atom. The number of rotatable bonds is 5. The first-order chi connectivity index (χ1) is 15.7. The van der Waals surface area contributed by atoms with Gasteiger partial charge in [0, 0.05) is 23.2 Å². The van der Waals surface area contributed by atoms with Crippen LogP contribution in [0.1, 0.15) is 42.6 Å². The molecular formula is C26H26N4O2. The summed E-state index contributed by atoms with van der Waals surface area (Å²) in [5.41, 5.74) is 4.39. The number of hydrogen-bond donors (Lipinski definition) is 1. The number of para-hydroxylation sites is 1. The van der Waals surface area contributed by atoms with Crippen molar-refractivity contribution in [2.75, 3.05) is 7.11 Å². The first-order valence-corrected chi connectivity index (χ1v) is 11.1. The number of nitrogens with zero attached hydrogens (tertiary/aromatic N) is 3. The fraction of sp³-hybridized carbons (Fsp3) is 0.269. The highest BCUT2D eigenvalue weighted by Crippen LogP contribution is 2.30. The number of hydrogen-bond acceptors (Lipinski definition) is 4. The number of benzene rings is 2. The molecule has 6 heteroatoms. The van der Waals surface area contributed by atoms with Crippen LogP contribution in [0, 0.1) is 0 Å². The molecule has 2 heterocycles. The van der Waals surface area contributed by atoms with Gasteiger partial charge in [0.05, 0.1) is 18.5 Å². The highest BCUT2D eigenvalue weighted by atomic mass is 16.5. The van der Waals surface area contributed by atoms with Crippen LogP contribution in [0.3, 0.4) is 0 Å². The zero-order valence-electron chi connectivity index (χ0n) is 18.1. The van der Waals surface area contributed by atoms with E-state index in [1.165, 1.54) is 6.42 Å². The van der Waals surface area contributed by atoms with Crippen molar-refractivity contribution in [2.24, 2.45) is 0 Å². The minimum absolute atomic E-state index is 0.122. The molecule has 1 amide bonds. The van der Waals surface area contributed by atoms with Crippen molar-refractivity contribution < 1.29 is 9.53 Å². The van der Waals surface area contributed by atoms with E-state index in [9.17, 15) is 4.79 Å². The summed E-state index contributed by atoms with van der Waals surface area (Å²) < 4.78 is 7.20. The smallest absolute Gasteiger partial charge is 0.270 e. The van der Waals surface area contributed by atoms with Crippen LogP contribution in [0.25, 0.3) is 28.2 Å². The van der Waals surface area contributed by atoms with E-state index in [4.69, 9.17) is 14.8 Å². The Labute approximate surface area is 187 Å². The van der Waals surface area contributed by atoms with Crippen LogP contribution >= 0.6 is 0 Å². The monoisotopic (exact) mass is 426 g/mol. The van der Waals surface area contributed by atoms with Crippen LogP contribution in [0.5, 0.6) is 5.75 Å². The molecule has 6 nitrogen and oxygen atoms in total. The van der Waals surface area contributed by atoms with Gasteiger partial charge in [-0.1, -0.05) is 61.7 Å². The van der Waals surface area contributed by atoms with Crippen LogP contribution in [-0.2, 0) is 0 Å². The normalized spacial score (nSPS) is 14.4. The van der Waals surface area contributed by atoms with E-state index < -0.39 is 0 Å². The third-order valence-corrected chi connectivity index (χ3v) is 6.05. The van der Waals surface area contributed by atoms with Gasteiger partial charge in [0.15, 0.2) is 5.65 Å². The lowest BCUT2D eigenvalue weighted by atomic mass is 9.95. The van der Waals surface area contributed by atoms with Crippen LogP contribution < -0.4 is 10.1 Å². The highest BCUT2D eigenvalue weighted by Gasteiger charge is 2.22. The minimum atomic E-state index is -0.122. The van der Waals surface area contributed by atoms with Gasteiger partial charge >= 0.3 is 0 Å². The number of methoxy groups -OCH3 is 1. The van der Waals surface area contributed by atoms with Crippen LogP contribution in [0.4, 0.5) is 0 Å². The first kappa shape index (κ1) is 20.2. The Morgan fingerprint density at radius 1 is 0.969 bits per heavy atom. The van der Waals surface area contributed by atoms with Crippen LogP contribution in [0.2, 0.25) is 0 Å². The number of carbonyl (C=O) groups excluding carboxylic acids is 1. The molecule has 4 aromatic rings. The summed E-state index contributed by atoms with van der Waals surface area (Å²) in [4.78, 5) is 18.2. The molecule has 1 aliphatic carbocycles. The van der Waals surface area contributed by atoms with E-state index >= 15 is 0 Å². The van der Waals surface area contributed by atoms with Crippen molar-refractivity contribution >= 4 is 11.6 Å². The van der Waals surface area contributed by atoms with E-state index in [2.05, 4.69) is 5.32 Å². The first-order valence-electron chi connectivity index (χ1n) is 11.1. The molecule has 1 aliphatic rings. The number of carbonyl (C=O) groups is 1. The Kier molecular flexibility index (Phi) is 5.58. The van der Waals surface area contributed by atoms with E-state index in [1.54, 1.807) is 11.6 Å². The zero-order valence-corrected chi connectivity index (χ0v) is 18.1. The molecule has 0 unspecified atom stereocenters. The van der Waals surface area contributed by atoms with Crippen molar-refractivity contribution in [1.82, 2.24) is 19.9 Å². The minimum Gasteiger partial charge on any atom is -0.496 e. The summed E-state index contributed by atoms with van der Waals surface area (Å²) in [6.07, 6.45) is 5.59. The Balaban J connectivity index is 1.63. The second-order valence-corrected chi connectivity index (χ2v) is 8.20. The van der Waals surface area contributed by atoms with Gasteiger partial charge in [-0.3, -0.25) is 4.79 Å². The lowest BCUT2D eigenvalue weighted by Crippen LogP contribution is -2.37. The molecule has 0 aliphatic heterocycles. The van der Waals surface area contributed by atoms with Gasteiger partial charge in [0.25, 0.3) is 5.91 Å². The van der Waals surface area contributed by atoms with Gasteiger partial charge in [-0.25, -0.2) is 9.50 Å². The molecule has 1 N–H and O–H groups in total. The summed E-state index contributed by atoms with van der Waals surface area (Å²) in [6, 6.07) is 21.6. The Bertz CT molecular complexity index is 1240. The van der Waals surface area contributed by atoms with Crippen LogP contribution in [-0.4, -0.2) is 33.7 Å². The summed E-state index contributed by atoms with van der Waals surface area (Å²) in [7, 11) is 1.64. The number of fused-ring (bicyclic) bond motifs is 1. The average molecular weight is 427 g/mol. The molecule has 2 aromatic carbocycles. The molecule has 1 saturated carbocycles. The van der Waals surface area contributed by atoms with Gasteiger partial charge in [-0.2, -0.15) is 5.10 Å². The third kappa shape index (κ3) is 3.96. The van der Waals surface area contributed by atoms with Gasteiger partial charge in [-0.05, 0) is 31.0 Å². The fourth-order valence-corrected chi connectivity index (χ4v) is 4.39. The Morgan fingerprint density at radius 3 is 2.50 bits per heavy atom.